The van der Waals surface area contributed by atoms with Gasteiger partial charge in [-0.25, -0.2) is 0 Å². The monoisotopic (exact) mass is 317 g/mol. The number of aryl methyl sites for hydroxylation is 1. The van der Waals surface area contributed by atoms with Crippen LogP contribution in [0.2, 0.25) is 0 Å². The molecule has 1 N–H and O–H groups in total. The van der Waals surface area contributed by atoms with E-state index in [0.29, 0.717) is 11.3 Å². The topological polar surface area (TPSA) is 103 Å². The molecule has 23 heavy (non-hydrogen) atoms. The van der Waals surface area contributed by atoms with Crippen molar-refractivity contribution in [2.24, 2.45) is 0 Å². The summed E-state index contributed by atoms with van der Waals surface area (Å²) in [7, 11) is 1.39. The molecule has 2 aromatic rings. The van der Waals surface area contributed by atoms with Crippen molar-refractivity contribution in [3.63, 3.8) is 0 Å². The zero-order valence-electron chi connectivity index (χ0n) is 12.6. The normalized spacial score (nSPS) is 10.2. The predicted octanol–water partition coefficient (Wildman–Crippen LogP) is 1.71. The third-order valence-electron chi connectivity index (χ3n) is 3.19. The molecule has 1 amide bonds. The van der Waals surface area contributed by atoms with Gasteiger partial charge in [0, 0.05) is 23.9 Å². The van der Waals surface area contributed by atoms with Crippen LogP contribution in [0.1, 0.15) is 5.56 Å². The molecule has 0 radical (unpaired) electrons. The minimum atomic E-state index is -0.569. The summed E-state index contributed by atoms with van der Waals surface area (Å²) in [6.45, 7) is 1.45. The second-order valence-corrected chi connectivity index (χ2v) is 4.81. The number of hydrogen-bond acceptors (Lipinski definition) is 5. The van der Waals surface area contributed by atoms with Crippen LogP contribution < -0.4 is 15.6 Å². The Kier molecular flexibility index (Phi) is 4.75. The van der Waals surface area contributed by atoms with Gasteiger partial charge in [-0.3, -0.25) is 19.7 Å². The van der Waals surface area contributed by atoms with E-state index in [1.165, 1.54) is 36.1 Å². The van der Waals surface area contributed by atoms with Gasteiger partial charge in [-0.05, 0) is 19.1 Å². The Hall–Kier alpha value is -3.16. The maximum Gasteiger partial charge on any atom is 0.271 e. The Morgan fingerprint density at radius 2 is 2.13 bits per heavy atom. The second-order valence-electron chi connectivity index (χ2n) is 4.81. The van der Waals surface area contributed by atoms with Gasteiger partial charge in [-0.1, -0.05) is 6.07 Å². The van der Waals surface area contributed by atoms with E-state index >= 15 is 0 Å². The molecule has 0 saturated carbocycles. The van der Waals surface area contributed by atoms with Crippen molar-refractivity contribution in [2.75, 3.05) is 12.4 Å². The zero-order valence-corrected chi connectivity index (χ0v) is 12.6. The lowest BCUT2D eigenvalue weighted by molar-refractivity contribution is -0.384. The van der Waals surface area contributed by atoms with Crippen molar-refractivity contribution >= 4 is 17.3 Å². The van der Waals surface area contributed by atoms with Crippen molar-refractivity contribution in [2.45, 2.75) is 13.5 Å². The number of methoxy groups -OCH3 is 1. The Labute approximate surface area is 131 Å². The van der Waals surface area contributed by atoms with Crippen molar-refractivity contribution in [1.82, 2.24) is 4.57 Å². The van der Waals surface area contributed by atoms with Gasteiger partial charge in [0.05, 0.1) is 17.7 Å². The molecular weight excluding hydrogens is 302 g/mol. The lowest BCUT2D eigenvalue weighted by Crippen LogP contribution is -2.28. The smallest absolute Gasteiger partial charge is 0.271 e. The van der Waals surface area contributed by atoms with Crippen LogP contribution in [0.4, 0.5) is 11.4 Å². The van der Waals surface area contributed by atoms with Crippen LogP contribution in [-0.2, 0) is 11.3 Å². The first-order chi connectivity index (χ1) is 10.9. The molecule has 0 aliphatic rings. The van der Waals surface area contributed by atoms with Crippen LogP contribution in [-0.4, -0.2) is 22.5 Å². The number of ether oxygens (including phenoxy) is 1. The molecule has 0 spiro atoms. The van der Waals surface area contributed by atoms with Crippen LogP contribution in [0.25, 0.3) is 0 Å². The standard InChI is InChI=1S/C15H15N3O5/c1-10-4-3-7-17(15(10)20)9-14(19)16-12-8-11(18(21)22)5-6-13(12)23-2/h3-8H,9H2,1-2H3,(H,16,19). The van der Waals surface area contributed by atoms with Crippen molar-refractivity contribution in [1.29, 1.82) is 0 Å². The number of non-ortho nitro benzene ring substituents is 1. The number of nitro benzene ring substituents is 1. The van der Waals surface area contributed by atoms with Gasteiger partial charge in [0.15, 0.2) is 0 Å². The summed E-state index contributed by atoms with van der Waals surface area (Å²) < 4.78 is 6.33. The first-order valence-corrected chi connectivity index (χ1v) is 6.70. The molecule has 2 rings (SSSR count). The summed E-state index contributed by atoms with van der Waals surface area (Å²) >= 11 is 0. The summed E-state index contributed by atoms with van der Waals surface area (Å²) in [6.07, 6.45) is 1.50. The maximum absolute atomic E-state index is 12.1. The molecule has 0 aliphatic carbocycles. The largest absolute Gasteiger partial charge is 0.495 e. The van der Waals surface area contributed by atoms with E-state index in [9.17, 15) is 19.7 Å². The lowest BCUT2D eigenvalue weighted by atomic mass is 10.2. The number of nitro groups is 1. The predicted molar refractivity (Wildman–Crippen MR) is 83.7 cm³/mol. The maximum atomic E-state index is 12.1. The fraction of sp³-hybridized carbons (Fsp3) is 0.200. The number of amides is 1. The van der Waals surface area contributed by atoms with Crippen molar-refractivity contribution in [3.8, 4) is 5.75 Å². The quantitative estimate of drug-likeness (QED) is 0.668. The Morgan fingerprint density at radius 1 is 1.39 bits per heavy atom. The molecule has 120 valence electrons. The van der Waals surface area contributed by atoms with Crippen LogP contribution in [0.15, 0.2) is 41.3 Å². The molecule has 1 heterocycles. The highest BCUT2D eigenvalue weighted by Crippen LogP contribution is 2.28. The fourth-order valence-electron chi connectivity index (χ4n) is 2.03. The van der Waals surface area contributed by atoms with E-state index < -0.39 is 10.8 Å². The van der Waals surface area contributed by atoms with E-state index in [2.05, 4.69) is 5.32 Å². The number of nitrogens with zero attached hydrogens (tertiary/aromatic N) is 2. The zero-order chi connectivity index (χ0) is 17.0. The SMILES string of the molecule is COc1ccc([N+](=O)[O-])cc1NC(=O)Cn1cccc(C)c1=O. The molecule has 1 aromatic carbocycles. The molecule has 0 bridgehead atoms. The Morgan fingerprint density at radius 3 is 2.78 bits per heavy atom. The molecular formula is C15H15N3O5. The molecule has 8 heteroatoms. The van der Waals surface area contributed by atoms with Crippen LogP contribution in [0.3, 0.4) is 0 Å². The van der Waals surface area contributed by atoms with Crippen LogP contribution >= 0.6 is 0 Å². The van der Waals surface area contributed by atoms with Gasteiger partial charge in [0.1, 0.15) is 12.3 Å². The molecule has 0 aliphatic heterocycles. The van der Waals surface area contributed by atoms with Gasteiger partial charge >= 0.3 is 0 Å². The molecule has 0 saturated heterocycles. The lowest BCUT2D eigenvalue weighted by Gasteiger charge is -2.11. The average Bonchev–Trinajstić information content (AvgIpc) is 2.51. The molecule has 1 aromatic heterocycles. The van der Waals surface area contributed by atoms with Crippen molar-refractivity contribution < 1.29 is 14.5 Å². The summed E-state index contributed by atoms with van der Waals surface area (Å²) in [5, 5.41) is 13.3. The first-order valence-electron chi connectivity index (χ1n) is 6.70. The highest BCUT2D eigenvalue weighted by atomic mass is 16.6. The van der Waals surface area contributed by atoms with Gasteiger partial charge < -0.3 is 14.6 Å². The number of anilines is 1. The Bertz CT molecular complexity index is 813. The number of rotatable bonds is 5. The van der Waals surface area contributed by atoms with E-state index in [-0.39, 0.29) is 23.5 Å². The van der Waals surface area contributed by atoms with Crippen molar-refractivity contribution in [3.05, 3.63) is 62.6 Å². The van der Waals surface area contributed by atoms with E-state index in [0.717, 1.165) is 0 Å². The summed E-state index contributed by atoms with van der Waals surface area (Å²) in [5.74, 6) is -0.197. The summed E-state index contributed by atoms with van der Waals surface area (Å²) in [5.41, 5.74) is 0.253. The molecule has 8 nitrogen and oxygen atoms in total. The molecule has 0 unspecified atom stereocenters. The van der Waals surface area contributed by atoms with E-state index in [4.69, 9.17) is 4.74 Å². The second kappa shape index (κ2) is 6.73. The third-order valence-corrected chi connectivity index (χ3v) is 3.19. The summed E-state index contributed by atoms with van der Waals surface area (Å²) in [6, 6.07) is 7.19. The number of aromatic nitrogens is 1. The fourth-order valence-corrected chi connectivity index (χ4v) is 2.03. The minimum Gasteiger partial charge on any atom is -0.495 e. The highest BCUT2D eigenvalue weighted by Gasteiger charge is 2.14. The number of hydrogen-bond donors (Lipinski definition) is 1. The van der Waals surface area contributed by atoms with E-state index in [1.54, 1.807) is 19.1 Å². The van der Waals surface area contributed by atoms with E-state index in [1.807, 2.05) is 0 Å². The minimum absolute atomic E-state index is 0.172. The molecule has 0 fully saturated rings. The van der Waals surface area contributed by atoms with Gasteiger partial charge in [-0.2, -0.15) is 0 Å². The Balaban J connectivity index is 2.22. The van der Waals surface area contributed by atoms with Gasteiger partial charge in [-0.15, -0.1) is 0 Å². The van der Waals surface area contributed by atoms with Crippen LogP contribution in [0, 0.1) is 17.0 Å². The molecule has 0 atom stereocenters. The summed E-state index contributed by atoms with van der Waals surface area (Å²) in [4.78, 5) is 34.2. The first kappa shape index (κ1) is 16.2. The third kappa shape index (κ3) is 3.73. The van der Waals surface area contributed by atoms with Gasteiger partial charge in [0.2, 0.25) is 5.91 Å². The number of nitrogens with one attached hydrogen (secondary N) is 1. The number of pyridine rings is 1. The van der Waals surface area contributed by atoms with Gasteiger partial charge in [0.25, 0.3) is 11.2 Å². The number of carbonyl (C=O) groups excluding carboxylic acids is 1. The average molecular weight is 317 g/mol. The number of carbonyl (C=O) groups is 1. The number of benzene rings is 1. The van der Waals surface area contributed by atoms with Crippen LogP contribution in [0.5, 0.6) is 5.75 Å². The highest BCUT2D eigenvalue weighted by molar-refractivity contribution is 5.92.